The fourth-order valence-corrected chi connectivity index (χ4v) is 6.64. The first kappa shape index (κ1) is 25.0. The first-order chi connectivity index (χ1) is 18.6. The lowest BCUT2D eigenvalue weighted by Crippen LogP contribution is -2.14. The molecule has 6 rings (SSSR count). The van der Waals surface area contributed by atoms with Gasteiger partial charge in [-0.3, -0.25) is 4.72 Å². The number of ether oxygens (including phenoxy) is 3. The van der Waals surface area contributed by atoms with E-state index >= 15 is 0 Å². The predicted molar refractivity (Wildman–Crippen MR) is 144 cm³/mol. The summed E-state index contributed by atoms with van der Waals surface area (Å²) in [6.07, 6.45) is 1.93. The molecule has 2 aliphatic heterocycles. The van der Waals surface area contributed by atoms with Gasteiger partial charge < -0.3 is 19.1 Å². The van der Waals surface area contributed by atoms with Gasteiger partial charge in [0.15, 0.2) is 0 Å². The molecule has 200 valence electrons. The third-order valence-electron chi connectivity index (χ3n) is 7.27. The van der Waals surface area contributed by atoms with Crippen LogP contribution < -0.4 is 9.62 Å². The molecule has 0 aromatic heterocycles. The molecule has 0 bridgehead atoms. The van der Waals surface area contributed by atoms with Gasteiger partial charge in [0.25, 0.3) is 16.3 Å². The van der Waals surface area contributed by atoms with Crippen LogP contribution in [0.15, 0.2) is 83.0 Å². The van der Waals surface area contributed by atoms with Crippen molar-refractivity contribution in [1.82, 2.24) is 0 Å². The van der Waals surface area contributed by atoms with Crippen LogP contribution in [0.4, 0.5) is 11.4 Å². The van der Waals surface area contributed by atoms with Crippen LogP contribution in [0.3, 0.4) is 0 Å². The quantitative estimate of drug-likeness (QED) is 0.278. The van der Waals surface area contributed by atoms with Crippen LogP contribution in [0.1, 0.15) is 24.2 Å². The van der Waals surface area contributed by atoms with Crippen molar-refractivity contribution < 1.29 is 32.2 Å². The molecule has 0 amide bonds. The van der Waals surface area contributed by atoms with Crippen LogP contribution in [-0.4, -0.2) is 40.7 Å². The molecule has 10 heteroatoms. The lowest BCUT2D eigenvalue weighted by atomic mass is 9.98. The summed E-state index contributed by atoms with van der Waals surface area (Å²) in [7, 11) is -0.0997. The molecule has 0 radical (unpaired) electrons. The first-order valence-electron chi connectivity index (χ1n) is 12.4. The zero-order valence-electron chi connectivity index (χ0n) is 21.5. The number of rotatable bonds is 6. The summed E-state index contributed by atoms with van der Waals surface area (Å²) in [6.45, 7) is 1.62. The number of anilines is 2. The third kappa shape index (κ3) is 4.30. The minimum atomic E-state index is -3.93. The maximum absolute atomic E-state index is 13.5. The van der Waals surface area contributed by atoms with Gasteiger partial charge in [0.05, 0.1) is 16.7 Å². The van der Waals surface area contributed by atoms with Gasteiger partial charge in [-0.05, 0) is 48.7 Å². The summed E-state index contributed by atoms with van der Waals surface area (Å²) >= 11 is 0. The lowest BCUT2D eigenvalue weighted by Gasteiger charge is -2.17. The Bertz CT molecular complexity index is 1710. The molecule has 0 spiro atoms. The monoisotopic (exact) mass is 546 g/mol. The zero-order valence-corrected chi connectivity index (χ0v) is 22.3. The van der Waals surface area contributed by atoms with E-state index in [4.69, 9.17) is 14.2 Å². The van der Waals surface area contributed by atoms with Gasteiger partial charge in [-0.2, -0.15) is 0 Å². The summed E-state index contributed by atoms with van der Waals surface area (Å²) in [5.74, 6) is -1.27. The zero-order chi connectivity index (χ0) is 27.5. The molecule has 39 heavy (non-hydrogen) atoms. The number of carbonyl (C=O) groups is 2. The molecule has 3 aromatic rings. The van der Waals surface area contributed by atoms with Crippen LogP contribution in [-0.2, 0) is 40.2 Å². The fraction of sp³-hybridized carbons (Fsp3) is 0.241. The van der Waals surface area contributed by atoms with E-state index in [-0.39, 0.29) is 10.8 Å². The fourth-order valence-electron chi connectivity index (χ4n) is 5.37. The van der Waals surface area contributed by atoms with E-state index in [0.717, 1.165) is 22.2 Å². The summed E-state index contributed by atoms with van der Waals surface area (Å²) in [4.78, 5) is 26.3. The number of nitrogens with one attached hydrogen (secondary N) is 1. The van der Waals surface area contributed by atoms with Crippen molar-refractivity contribution in [1.29, 1.82) is 0 Å². The van der Waals surface area contributed by atoms with Crippen molar-refractivity contribution in [2.24, 2.45) is 5.92 Å². The third-order valence-corrected chi connectivity index (χ3v) is 8.71. The van der Waals surface area contributed by atoms with Gasteiger partial charge in [0.2, 0.25) is 0 Å². The van der Waals surface area contributed by atoms with Gasteiger partial charge >= 0.3 is 11.9 Å². The highest BCUT2D eigenvalue weighted by atomic mass is 32.2. The minimum absolute atomic E-state index is 0.175. The van der Waals surface area contributed by atoms with Gasteiger partial charge in [0, 0.05) is 53.8 Å². The second-order valence-electron chi connectivity index (χ2n) is 10.0. The van der Waals surface area contributed by atoms with Gasteiger partial charge in [0.1, 0.15) is 6.10 Å². The van der Waals surface area contributed by atoms with Crippen molar-refractivity contribution in [3.63, 3.8) is 0 Å². The Morgan fingerprint density at radius 2 is 1.77 bits per heavy atom. The number of cyclic esters (lactones) is 1. The molecule has 3 atom stereocenters. The van der Waals surface area contributed by atoms with Crippen LogP contribution in [0.5, 0.6) is 0 Å². The molecule has 1 N–H and O–H groups in total. The standard InChI is InChI=1S/C29H26N2O7S/c1-16-12-26(37-28(16)32)36-15-23-22-13-17-10-11-18(14-21(17)27(22)38-29(23)33)30-39(34,35)25-9-5-6-19-20(25)7-4-8-24(19)31(2)3/h4-12,14-15,22,26-27,30H,13H2,1-3H3/b23-15+. The van der Waals surface area contributed by atoms with Gasteiger partial charge in [-0.1, -0.05) is 30.3 Å². The normalized spacial score (nSPS) is 22.8. The Kier molecular flexibility index (Phi) is 5.87. The van der Waals surface area contributed by atoms with Gasteiger partial charge in [-0.25, -0.2) is 18.0 Å². The molecule has 1 fully saturated rings. The smallest absolute Gasteiger partial charge is 0.338 e. The number of fused-ring (bicyclic) bond motifs is 4. The van der Waals surface area contributed by atoms with E-state index in [2.05, 4.69) is 4.72 Å². The SMILES string of the molecule is CC1=CC(O/C=C2/C(=O)OC3c4cc(NS(=O)(=O)c5cccc6c(N(C)C)cccc56)ccc4CC23)OC1=O. The molecule has 1 aliphatic carbocycles. The predicted octanol–water partition coefficient (Wildman–Crippen LogP) is 4.21. The summed E-state index contributed by atoms with van der Waals surface area (Å²) in [5, 5.41) is 1.45. The molecule has 3 aliphatic rings. The highest BCUT2D eigenvalue weighted by Gasteiger charge is 2.46. The van der Waals surface area contributed by atoms with Crippen molar-refractivity contribution in [3.05, 3.63) is 89.2 Å². The number of benzene rings is 3. The number of esters is 2. The average Bonchev–Trinajstić information content (AvgIpc) is 3.51. The highest BCUT2D eigenvalue weighted by molar-refractivity contribution is 7.93. The molecule has 0 saturated carbocycles. The van der Waals surface area contributed by atoms with E-state index in [1.54, 1.807) is 37.3 Å². The number of carbonyl (C=O) groups excluding carboxylic acids is 2. The Balaban J connectivity index is 1.26. The van der Waals surface area contributed by atoms with Gasteiger partial charge in [-0.15, -0.1) is 0 Å². The highest BCUT2D eigenvalue weighted by Crippen LogP contribution is 2.48. The Morgan fingerprint density at radius 1 is 1.00 bits per heavy atom. The number of hydrogen-bond acceptors (Lipinski definition) is 8. The Morgan fingerprint density at radius 3 is 2.51 bits per heavy atom. The first-order valence-corrected chi connectivity index (χ1v) is 13.9. The van der Waals surface area contributed by atoms with Crippen LogP contribution in [0.25, 0.3) is 10.8 Å². The van der Waals surface area contributed by atoms with Crippen LogP contribution in [0.2, 0.25) is 0 Å². The van der Waals surface area contributed by atoms with E-state index < -0.39 is 34.4 Å². The van der Waals surface area contributed by atoms with Crippen molar-refractivity contribution in [2.75, 3.05) is 23.7 Å². The minimum Gasteiger partial charge on any atom is -0.458 e. The topological polar surface area (TPSA) is 111 Å². The maximum atomic E-state index is 13.5. The second-order valence-corrected chi connectivity index (χ2v) is 11.7. The van der Waals surface area contributed by atoms with Crippen molar-refractivity contribution in [2.45, 2.75) is 30.6 Å². The average molecular weight is 547 g/mol. The van der Waals surface area contributed by atoms with Crippen LogP contribution >= 0.6 is 0 Å². The van der Waals surface area contributed by atoms with Crippen molar-refractivity contribution in [3.8, 4) is 0 Å². The molecular weight excluding hydrogens is 520 g/mol. The van der Waals surface area contributed by atoms with E-state index in [1.165, 1.54) is 12.3 Å². The molecule has 3 unspecified atom stereocenters. The molecule has 3 aromatic carbocycles. The molecule has 9 nitrogen and oxygen atoms in total. The summed E-state index contributed by atoms with van der Waals surface area (Å²) in [6, 6.07) is 16.1. The Labute approximate surface area is 225 Å². The second kappa shape index (κ2) is 9.16. The van der Waals surface area contributed by atoms with Crippen molar-refractivity contribution >= 4 is 44.1 Å². The number of nitrogens with zero attached hydrogens (tertiary/aromatic N) is 1. The number of sulfonamides is 1. The van der Waals surface area contributed by atoms with Crippen LogP contribution in [0, 0.1) is 5.92 Å². The van der Waals surface area contributed by atoms with E-state index in [9.17, 15) is 18.0 Å². The lowest BCUT2D eigenvalue weighted by molar-refractivity contribution is -0.152. The van der Waals surface area contributed by atoms with E-state index in [1.807, 2.05) is 43.3 Å². The summed E-state index contributed by atoms with van der Waals surface area (Å²) < 4.78 is 46.0. The largest absolute Gasteiger partial charge is 0.458 e. The molecule has 2 heterocycles. The molecule has 1 saturated heterocycles. The maximum Gasteiger partial charge on any atom is 0.338 e. The molecular formula is C29H26N2O7S. The Hall–Kier alpha value is -4.31. The number of hydrogen-bond donors (Lipinski definition) is 1. The summed E-state index contributed by atoms with van der Waals surface area (Å²) in [5.41, 5.74) is 3.78. The van der Waals surface area contributed by atoms with E-state index in [0.29, 0.717) is 28.6 Å².